The highest BCUT2D eigenvalue weighted by Crippen LogP contribution is 2.28. The highest BCUT2D eigenvalue weighted by Gasteiger charge is 2.23. The van der Waals surface area contributed by atoms with Crippen LogP contribution in [-0.2, 0) is 0 Å². The Morgan fingerprint density at radius 3 is 2.37 bits per heavy atom. The smallest absolute Gasteiger partial charge is 0.251 e. The molecule has 144 valence electrons. The van der Waals surface area contributed by atoms with Gasteiger partial charge >= 0.3 is 0 Å². The molecule has 0 aliphatic carbocycles. The molecule has 1 amide bonds. The summed E-state index contributed by atoms with van der Waals surface area (Å²) in [5, 5.41) is 2.93. The molecule has 4 heteroatoms. The monoisotopic (exact) mass is 365 g/mol. The van der Waals surface area contributed by atoms with Gasteiger partial charge in [-0.25, -0.2) is 0 Å². The summed E-state index contributed by atoms with van der Waals surface area (Å²) in [4.78, 5) is 17.0. The summed E-state index contributed by atoms with van der Waals surface area (Å²) >= 11 is 0. The number of benzene rings is 2. The predicted molar refractivity (Wildman–Crippen MR) is 112 cm³/mol. The van der Waals surface area contributed by atoms with E-state index in [0.717, 1.165) is 24.2 Å². The van der Waals surface area contributed by atoms with Crippen LogP contribution in [0.2, 0.25) is 0 Å². The van der Waals surface area contributed by atoms with Crippen molar-refractivity contribution in [1.82, 2.24) is 10.2 Å². The maximum absolute atomic E-state index is 12.1. The first-order valence-electron chi connectivity index (χ1n) is 10.1. The summed E-state index contributed by atoms with van der Waals surface area (Å²) in [6, 6.07) is 19.0. The lowest BCUT2D eigenvalue weighted by Gasteiger charge is -2.33. The highest BCUT2D eigenvalue weighted by molar-refractivity contribution is 5.94. The molecule has 2 aromatic carbocycles. The Morgan fingerprint density at radius 2 is 1.74 bits per heavy atom. The molecule has 1 heterocycles. The maximum Gasteiger partial charge on any atom is 0.251 e. The van der Waals surface area contributed by atoms with Crippen LogP contribution in [0.3, 0.4) is 0 Å². The largest absolute Gasteiger partial charge is 0.366 e. The Hall–Kier alpha value is -2.33. The maximum atomic E-state index is 12.1. The van der Waals surface area contributed by atoms with Gasteiger partial charge in [-0.1, -0.05) is 37.3 Å². The SMILES string of the molecule is CCCNC(=O)c1ccc(N(C)[C@H](CN2CCCC2)c2ccccc2)cc1. The molecule has 1 aliphatic heterocycles. The van der Waals surface area contributed by atoms with Crippen LogP contribution in [0.4, 0.5) is 5.69 Å². The zero-order valence-corrected chi connectivity index (χ0v) is 16.5. The molecular formula is C23H31N3O. The van der Waals surface area contributed by atoms with Crippen LogP contribution in [0.15, 0.2) is 54.6 Å². The quantitative estimate of drug-likeness (QED) is 0.765. The van der Waals surface area contributed by atoms with Gasteiger partial charge in [-0.3, -0.25) is 4.79 Å². The first-order valence-corrected chi connectivity index (χ1v) is 10.1. The van der Waals surface area contributed by atoms with Crippen LogP contribution in [0, 0.1) is 0 Å². The van der Waals surface area contributed by atoms with E-state index in [-0.39, 0.29) is 5.91 Å². The number of nitrogens with zero attached hydrogens (tertiary/aromatic N) is 2. The van der Waals surface area contributed by atoms with Crippen LogP contribution in [0.1, 0.15) is 48.1 Å². The average Bonchev–Trinajstić information content (AvgIpc) is 3.24. The van der Waals surface area contributed by atoms with Crippen molar-refractivity contribution in [3.05, 3.63) is 65.7 Å². The topological polar surface area (TPSA) is 35.6 Å². The van der Waals surface area contributed by atoms with E-state index in [1.165, 1.54) is 31.5 Å². The number of hydrogen-bond acceptors (Lipinski definition) is 3. The molecule has 1 atom stereocenters. The molecule has 1 N–H and O–H groups in total. The van der Waals surface area contributed by atoms with Crippen molar-refractivity contribution < 1.29 is 4.79 Å². The van der Waals surface area contributed by atoms with E-state index in [9.17, 15) is 4.79 Å². The van der Waals surface area contributed by atoms with Gasteiger partial charge in [0.2, 0.25) is 0 Å². The van der Waals surface area contributed by atoms with E-state index in [1.807, 2.05) is 12.1 Å². The molecule has 0 saturated carbocycles. The molecule has 1 saturated heterocycles. The van der Waals surface area contributed by atoms with Crippen molar-refractivity contribution in [3.8, 4) is 0 Å². The molecule has 2 aromatic rings. The van der Waals surface area contributed by atoms with Gasteiger partial charge in [-0.2, -0.15) is 0 Å². The number of carbonyl (C=O) groups is 1. The number of anilines is 1. The molecule has 0 bridgehead atoms. The van der Waals surface area contributed by atoms with Crippen LogP contribution in [-0.4, -0.2) is 44.0 Å². The fourth-order valence-electron chi connectivity index (χ4n) is 3.70. The number of likely N-dealkylation sites (tertiary alicyclic amines) is 1. The molecule has 0 aromatic heterocycles. The van der Waals surface area contributed by atoms with Crippen LogP contribution >= 0.6 is 0 Å². The van der Waals surface area contributed by atoms with Crippen LogP contribution in [0.5, 0.6) is 0 Å². The standard InChI is InChI=1S/C23H31N3O/c1-3-15-24-23(27)20-11-13-21(14-12-20)25(2)22(18-26-16-7-8-17-26)19-9-5-4-6-10-19/h4-6,9-14,22H,3,7-8,15-18H2,1-2H3,(H,24,27)/t22-/m1/s1. The van der Waals surface area contributed by atoms with E-state index < -0.39 is 0 Å². The second-order valence-electron chi connectivity index (χ2n) is 7.35. The molecule has 4 nitrogen and oxygen atoms in total. The third kappa shape index (κ3) is 5.10. The van der Waals surface area contributed by atoms with Crippen molar-refractivity contribution in [2.75, 3.05) is 38.1 Å². The van der Waals surface area contributed by atoms with Gasteiger partial charge in [0.1, 0.15) is 0 Å². The Labute approximate surface area is 163 Å². The normalized spacial score (nSPS) is 15.5. The number of carbonyl (C=O) groups excluding carboxylic acids is 1. The predicted octanol–water partition coefficient (Wildman–Crippen LogP) is 4.10. The van der Waals surface area contributed by atoms with Gasteiger partial charge in [0.05, 0.1) is 6.04 Å². The molecule has 3 rings (SSSR count). The summed E-state index contributed by atoms with van der Waals surface area (Å²) in [5.41, 5.74) is 3.18. The number of likely N-dealkylation sites (N-methyl/N-ethyl adjacent to an activating group) is 1. The van der Waals surface area contributed by atoms with Crippen molar-refractivity contribution in [2.45, 2.75) is 32.2 Å². The number of hydrogen-bond donors (Lipinski definition) is 1. The summed E-state index contributed by atoms with van der Waals surface area (Å²) in [6.07, 6.45) is 3.54. The van der Waals surface area contributed by atoms with Gasteiger partial charge in [-0.15, -0.1) is 0 Å². The zero-order valence-electron chi connectivity index (χ0n) is 16.5. The fraction of sp³-hybridized carbons (Fsp3) is 0.435. The zero-order chi connectivity index (χ0) is 19.1. The summed E-state index contributed by atoms with van der Waals surface area (Å²) in [5.74, 6) is 0.00253. The summed E-state index contributed by atoms with van der Waals surface area (Å²) in [6.45, 7) is 6.18. The van der Waals surface area contributed by atoms with Crippen molar-refractivity contribution >= 4 is 11.6 Å². The van der Waals surface area contributed by atoms with E-state index in [0.29, 0.717) is 12.6 Å². The highest BCUT2D eigenvalue weighted by atomic mass is 16.1. The minimum atomic E-state index is 0.00253. The first kappa shape index (κ1) is 19.4. The lowest BCUT2D eigenvalue weighted by atomic mass is 10.0. The minimum absolute atomic E-state index is 0.00253. The molecule has 0 radical (unpaired) electrons. The Morgan fingerprint density at radius 1 is 1.07 bits per heavy atom. The van der Waals surface area contributed by atoms with Gasteiger partial charge in [0.15, 0.2) is 0 Å². The lowest BCUT2D eigenvalue weighted by molar-refractivity contribution is 0.0953. The van der Waals surface area contributed by atoms with Crippen LogP contribution < -0.4 is 10.2 Å². The number of amides is 1. The molecule has 0 unspecified atom stereocenters. The fourth-order valence-corrected chi connectivity index (χ4v) is 3.70. The lowest BCUT2D eigenvalue weighted by Crippen LogP contribution is -2.35. The van der Waals surface area contributed by atoms with Crippen molar-refractivity contribution in [3.63, 3.8) is 0 Å². The third-order valence-electron chi connectivity index (χ3n) is 5.35. The average molecular weight is 366 g/mol. The number of nitrogens with one attached hydrogen (secondary N) is 1. The van der Waals surface area contributed by atoms with E-state index >= 15 is 0 Å². The number of rotatable bonds is 8. The van der Waals surface area contributed by atoms with E-state index in [2.05, 4.69) is 71.6 Å². The second kappa shape index (κ2) is 9.56. The molecular weight excluding hydrogens is 334 g/mol. The van der Waals surface area contributed by atoms with Gasteiger partial charge in [0, 0.05) is 31.4 Å². The molecule has 1 fully saturated rings. The summed E-state index contributed by atoms with van der Waals surface area (Å²) < 4.78 is 0. The van der Waals surface area contributed by atoms with Gasteiger partial charge in [-0.05, 0) is 62.2 Å². The molecule has 1 aliphatic rings. The Kier molecular flexibility index (Phi) is 6.88. The van der Waals surface area contributed by atoms with Crippen molar-refractivity contribution in [2.24, 2.45) is 0 Å². The van der Waals surface area contributed by atoms with E-state index in [4.69, 9.17) is 0 Å². The van der Waals surface area contributed by atoms with E-state index in [1.54, 1.807) is 0 Å². The minimum Gasteiger partial charge on any atom is -0.366 e. The van der Waals surface area contributed by atoms with Crippen molar-refractivity contribution in [1.29, 1.82) is 0 Å². The first-order chi connectivity index (χ1) is 13.2. The second-order valence-corrected chi connectivity index (χ2v) is 7.35. The molecule has 27 heavy (non-hydrogen) atoms. The Balaban J connectivity index is 1.76. The Bertz CT molecular complexity index is 708. The molecule has 0 spiro atoms. The van der Waals surface area contributed by atoms with Gasteiger partial charge < -0.3 is 15.1 Å². The van der Waals surface area contributed by atoms with Crippen LogP contribution in [0.25, 0.3) is 0 Å². The van der Waals surface area contributed by atoms with Gasteiger partial charge in [0.25, 0.3) is 5.91 Å². The third-order valence-corrected chi connectivity index (χ3v) is 5.35. The summed E-state index contributed by atoms with van der Waals surface area (Å²) in [7, 11) is 2.15.